The molecule has 1 saturated carbocycles. The smallest absolute Gasteiger partial charge is 0.0682 e. The van der Waals surface area contributed by atoms with Crippen molar-refractivity contribution in [2.24, 2.45) is 11.8 Å². The van der Waals surface area contributed by atoms with Gasteiger partial charge in [0.05, 0.1) is 17.8 Å². The van der Waals surface area contributed by atoms with Crippen LogP contribution in [0.4, 0.5) is 0 Å². The van der Waals surface area contributed by atoms with E-state index in [0.29, 0.717) is 12.0 Å². The second kappa shape index (κ2) is 7.21. The van der Waals surface area contributed by atoms with Gasteiger partial charge in [0.15, 0.2) is 0 Å². The van der Waals surface area contributed by atoms with Crippen LogP contribution < -0.4 is 0 Å². The van der Waals surface area contributed by atoms with Gasteiger partial charge in [-0.15, -0.1) is 0 Å². The Bertz CT molecular complexity index is 782. The molecule has 1 aliphatic carbocycles. The molecule has 3 heterocycles. The Labute approximate surface area is 162 Å². The van der Waals surface area contributed by atoms with Crippen LogP contribution >= 0.6 is 0 Å². The van der Waals surface area contributed by atoms with Crippen LogP contribution in [0.2, 0.25) is 0 Å². The minimum Gasteiger partial charge on any atom is -0.378 e. The van der Waals surface area contributed by atoms with Crippen molar-refractivity contribution >= 4 is 10.9 Å². The third-order valence-corrected chi connectivity index (χ3v) is 6.91. The average molecular weight is 368 g/mol. The summed E-state index contributed by atoms with van der Waals surface area (Å²) in [6, 6.07) is 8.13. The van der Waals surface area contributed by atoms with Gasteiger partial charge in [0.2, 0.25) is 0 Å². The third kappa shape index (κ3) is 3.79. The van der Waals surface area contributed by atoms with E-state index in [4.69, 9.17) is 4.74 Å². The van der Waals surface area contributed by atoms with Crippen LogP contribution in [0.5, 0.6) is 0 Å². The van der Waals surface area contributed by atoms with Crippen LogP contribution in [0, 0.1) is 18.8 Å². The molecule has 3 atom stereocenters. The fourth-order valence-electron chi connectivity index (χ4n) is 5.28. The predicted molar refractivity (Wildman–Crippen MR) is 109 cm³/mol. The second-order valence-corrected chi connectivity index (χ2v) is 9.45. The Morgan fingerprint density at radius 1 is 1.11 bits per heavy atom. The van der Waals surface area contributed by atoms with Crippen molar-refractivity contribution in [1.82, 2.24) is 14.7 Å². The molecule has 2 aromatic rings. The van der Waals surface area contributed by atoms with Crippen molar-refractivity contribution in [3.8, 4) is 0 Å². The van der Waals surface area contributed by atoms with Gasteiger partial charge in [-0.1, -0.05) is 18.6 Å². The lowest BCUT2D eigenvalue weighted by atomic mass is 9.98. The molecule has 4 heteroatoms. The highest BCUT2D eigenvalue weighted by Crippen LogP contribution is 2.38. The summed E-state index contributed by atoms with van der Waals surface area (Å²) in [5.74, 6) is 1.50. The van der Waals surface area contributed by atoms with Crippen LogP contribution in [0.3, 0.4) is 0 Å². The van der Waals surface area contributed by atoms with Gasteiger partial charge in [-0.3, -0.25) is 9.58 Å². The largest absolute Gasteiger partial charge is 0.378 e. The maximum Gasteiger partial charge on any atom is 0.0682 e. The molecule has 0 amide bonds. The number of benzene rings is 1. The zero-order chi connectivity index (χ0) is 18.4. The summed E-state index contributed by atoms with van der Waals surface area (Å²) in [4.78, 5) is 2.80. The van der Waals surface area contributed by atoms with Gasteiger partial charge in [0, 0.05) is 37.2 Å². The van der Waals surface area contributed by atoms with Crippen LogP contribution in [0.25, 0.3) is 10.9 Å². The van der Waals surface area contributed by atoms with E-state index in [1.165, 1.54) is 61.5 Å². The molecule has 2 aliphatic heterocycles. The zero-order valence-electron chi connectivity index (χ0n) is 16.8. The highest BCUT2D eigenvalue weighted by atomic mass is 16.5. The minimum atomic E-state index is 0.521. The minimum absolute atomic E-state index is 0.521. The molecule has 27 heavy (non-hydrogen) atoms. The zero-order valence-corrected chi connectivity index (χ0v) is 16.8. The summed E-state index contributed by atoms with van der Waals surface area (Å²) in [6.45, 7) is 7.75. The molecule has 5 rings (SSSR count). The summed E-state index contributed by atoms with van der Waals surface area (Å²) in [5.41, 5.74) is 2.57. The fourth-order valence-corrected chi connectivity index (χ4v) is 5.28. The number of nitrogens with zero attached hydrogens (tertiary/aromatic N) is 3. The maximum atomic E-state index is 6.24. The number of ether oxygens (including phenoxy) is 1. The van der Waals surface area contributed by atoms with Crippen molar-refractivity contribution < 1.29 is 4.74 Å². The van der Waals surface area contributed by atoms with E-state index in [0.717, 1.165) is 31.2 Å². The Hall–Kier alpha value is -1.39. The summed E-state index contributed by atoms with van der Waals surface area (Å²) in [7, 11) is 0. The number of aromatic nitrogens is 2. The first-order chi connectivity index (χ1) is 13.2. The molecule has 1 aromatic heterocycles. The van der Waals surface area contributed by atoms with Crippen molar-refractivity contribution in [3.05, 3.63) is 30.0 Å². The van der Waals surface area contributed by atoms with E-state index in [-0.39, 0.29) is 0 Å². The average Bonchev–Trinajstić information content (AvgIpc) is 3.36. The molecular formula is C23H33N3O. The molecule has 146 valence electrons. The van der Waals surface area contributed by atoms with E-state index in [9.17, 15) is 0 Å². The van der Waals surface area contributed by atoms with Gasteiger partial charge in [-0.2, -0.15) is 5.10 Å². The lowest BCUT2D eigenvalue weighted by Gasteiger charge is -2.40. The quantitative estimate of drug-likeness (QED) is 0.726. The topological polar surface area (TPSA) is 30.3 Å². The van der Waals surface area contributed by atoms with Crippen LogP contribution in [0.1, 0.15) is 51.0 Å². The number of fused-ring (bicyclic) bond motifs is 3. The monoisotopic (exact) mass is 367 g/mol. The van der Waals surface area contributed by atoms with Crippen molar-refractivity contribution in [2.75, 3.05) is 13.2 Å². The fraction of sp³-hybridized carbons (Fsp3) is 0.696. The molecular weight excluding hydrogens is 334 g/mol. The SMILES string of the molecule is Cc1ccc2c(cnn2C[C@H](C)CN2C3CCC2CC(OCC2CC2)C3)c1. The van der Waals surface area contributed by atoms with Crippen molar-refractivity contribution in [3.63, 3.8) is 0 Å². The maximum absolute atomic E-state index is 6.24. The lowest BCUT2D eigenvalue weighted by Crippen LogP contribution is -2.47. The van der Waals surface area contributed by atoms with Crippen LogP contribution in [-0.2, 0) is 11.3 Å². The Morgan fingerprint density at radius 2 is 1.89 bits per heavy atom. The first-order valence-corrected chi connectivity index (χ1v) is 10.9. The Morgan fingerprint density at radius 3 is 2.63 bits per heavy atom. The number of aryl methyl sites for hydroxylation is 1. The van der Waals surface area contributed by atoms with E-state index < -0.39 is 0 Å². The second-order valence-electron chi connectivity index (χ2n) is 9.45. The van der Waals surface area contributed by atoms with Gasteiger partial charge in [-0.25, -0.2) is 0 Å². The molecule has 0 spiro atoms. The van der Waals surface area contributed by atoms with E-state index in [1.54, 1.807) is 0 Å². The molecule has 3 aliphatic rings. The summed E-state index contributed by atoms with van der Waals surface area (Å²) in [6.07, 6.45) is 10.6. The third-order valence-electron chi connectivity index (χ3n) is 6.91. The van der Waals surface area contributed by atoms with E-state index in [2.05, 4.69) is 46.7 Å². The van der Waals surface area contributed by atoms with Gasteiger partial charge >= 0.3 is 0 Å². The first-order valence-electron chi connectivity index (χ1n) is 10.9. The van der Waals surface area contributed by atoms with Gasteiger partial charge in [0.1, 0.15) is 0 Å². The summed E-state index contributed by atoms with van der Waals surface area (Å²) < 4.78 is 8.44. The van der Waals surface area contributed by atoms with Crippen molar-refractivity contribution in [1.29, 1.82) is 0 Å². The van der Waals surface area contributed by atoms with Crippen molar-refractivity contribution in [2.45, 2.75) is 77.1 Å². The van der Waals surface area contributed by atoms with Gasteiger partial charge in [-0.05, 0) is 69.4 Å². The number of rotatable bonds is 7. The molecule has 2 unspecified atom stereocenters. The first kappa shape index (κ1) is 17.7. The number of hydrogen-bond acceptors (Lipinski definition) is 3. The van der Waals surface area contributed by atoms with Gasteiger partial charge < -0.3 is 4.74 Å². The molecule has 4 nitrogen and oxygen atoms in total. The van der Waals surface area contributed by atoms with E-state index >= 15 is 0 Å². The van der Waals surface area contributed by atoms with Gasteiger partial charge in [0.25, 0.3) is 0 Å². The highest BCUT2D eigenvalue weighted by Gasteiger charge is 2.41. The molecule has 0 radical (unpaired) electrons. The van der Waals surface area contributed by atoms with Crippen LogP contribution in [0.15, 0.2) is 24.4 Å². The number of piperidine rings is 1. The molecule has 1 aromatic carbocycles. The molecule has 2 bridgehead atoms. The Kier molecular flexibility index (Phi) is 4.73. The van der Waals surface area contributed by atoms with Crippen LogP contribution in [-0.4, -0.2) is 46.0 Å². The Balaban J connectivity index is 1.19. The summed E-state index contributed by atoms with van der Waals surface area (Å²) in [5, 5.41) is 5.92. The standard InChI is InChI=1S/C23H33N3O/c1-16-3-8-23-19(9-16)12-24-26(23)14-17(2)13-25-20-6-7-21(25)11-22(10-20)27-15-18-4-5-18/h3,8-9,12,17-18,20-22H,4-7,10-11,13-15H2,1-2H3/t17-,20?,21?,22?/m1/s1. The number of hydrogen-bond donors (Lipinski definition) is 0. The predicted octanol–water partition coefficient (Wildman–Crippen LogP) is 4.40. The molecule has 2 saturated heterocycles. The molecule has 3 fully saturated rings. The molecule has 0 N–H and O–H groups in total. The summed E-state index contributed by atoms with van der Waals surface area (Å²) >= 11 is 0. The highest BCUT2D eigenvalue weighted by molar-refractivity contribution is 5.79. The van der Waals surface area contributed by atoms with E-state index in [1.807, 2.05) is 6.20 Å². The normalized spacial score (nSPS) is 29.5. The lowest BCUT2D eigenvalue weighted by molar-refractivity contribution is -0.0276.